The van der Waals surface area contributed by atoms with Gasteiger partial charge < -0.3 is 9.13 Å². The van der Waals surface area contributed by atoms with Crippen molar-refractivity contribution in [3.63, 3.8) is 0 Å². The predicted octanol–water partition coefficient (Wildman–Crippen LogP) is 3.62. The minimum Gasteiger partial charge on any atom is -0.328 e. The van der Waals surface area contributed by atoms with E-state index < -0.39 is 0 Å². The maximum atomic E-state index is 8.89. The zero-order chi connectivity index (χ0) is 16.4. The normalized spacial score (nSPS) is 10.4. The molecule has 2 aromatic carbocycles. The van der Waals surface area contributed by atoms with Crippen LogP contribution in [-0.2, 0) is 13.1 Å². The lowest BCUT2D eigenvalue weighted by molar-refractivity contribution is 0.695. The number of imidazole rings is 2. The van der Waals surface area contributed by atoms with Crippen molar-refractivity contribution in [3.8, 4) is 6.07 Å². The Kier molecular flexibility index (Phi) is 4.82. The van der Waals surface area contributed by atoms with Gasteiger partial charge in [0.1, 0.15) is 0 Å². The summed E-state index contributed by atoms with van der Waals surface area (Å²) in [4.78, 5) is 8.72. The fourth-order valence-electron chi connectivity index (χ4n) is 2.81. The third kappa shape index (κ3) is 3.39. The van der Waals surface area contributed by atoms with Gasteiger partial charge in [0.05, 0.1) is 47.6 Å². The third-order valence-corrected chi connectivity index (χ3v) is 4.09. The predicted molar refractivity (Wildman–Crippen MR) is 98.6 cm³/mol. The zero-order valence-corrected chi connectivity index (χ0v) is 14.2. The molecule has 0 saturated carbocycles. The summed E-state index contributed by atoms with van der Waals surface area (Å²) < 4.78 is 4.25. The quantitative estimate of drug-likeness (QED) is 0.565. The van der Waals surface area contributed by atoms with Gasteiger partial charge in [-0.15, -0.1) is 12.4 Å². The van der Waals surface area contributed by atoms with Crippen LogP contribution in [0.15, 0.2) is 67.4 Å². The van der Waals surface area contributed by atoms with E-state index in [4.69, 9.17) is 5.26 Å². The van der Waals surface area contributed by atoms with Gasteiger partial charge in [-0.2, -0.15) is 5.26 Å². The van der Waals surface area contributed by atoms with E-state index in [1.165, 1.54) is 0 Å². The van der Waals surface area contributed by atoms with Crippen LogP contribution in [-0.4, -0.2) is 19.1 Å². The molecule has 6 heteroatoms. The number of nitrogens with zero attached hydrogens (tertiary/aromatic N) is 5. The summed E-state index contributed by atoms with van der Waals surface area (Å²) in [5.41, 5.74) is 5.04. The van der Waals surface area contributed by atoms with E-state index in [1.54, 1.807) is 0 Å². The first-order valence-corrected chi connectivity index (χ1v) is 7.71. The fourth-order valence-corrected chi connectivity index (χ4v) is 2.81. The van der Waals surface area contributed by atoms with E-state index in [9.17, 15) is 0 Å². The monoisotopic (exact) mass is 349 g/mol. The van der Waals surface area contributed by atoms with E-state index in [1.807, 2.05) is 61.3 Å². The lowest BCUT2D eigenvalue weighted by atomic mass is 10.1. The lowest BCUT2D eigenvalue weighted by Crippen LogP contribution is -2.07. The van der Waals surface area contributed by atoms with Crippen LogP contribution in [0.4, 0.5) is 0 Å². The Morgan fingerprint density at radius 1 is 0.920 bits per heavy atom. The second kappa shape index (κ2) is 7.20. The maximum Gasteiger partial charge on any atom is 0.0991 e. The van der Waals surface area contributed by atoms with E-state index >= 15 is 0 Å². The number of rotatable bonds is 4. The fraction of sp³-hybridized carbons (Fsp3) is 0.105. The first-order chi connectivity index (χ1) is 11.8. The summed E-state index contributed by atoms with van der Waals surface area (Å²) in [6.45, 7) is 1.45. The summed E-state index contributed by atoms with van der Waals surface area (Å²) in [6.07, 6.45) is 5.59. The number of nitriles is 1. The molecule has 0 aliphatic heterocycles. The molecule has 0 N–H and O–H groups in total. The Hall–Kier alpha value is -3.10. The Balaban J connectivity index is 0.00000182. The molecule has 0 amide bonds. The molecule has 0 fully saturated rings. The summed E-state index contributed by atoms with van der Waals surface area (Å²) in [5, 5.41) is 8.89. The second-order valence-electron chi connectivity index (χ2n) is 5.68. The van der Waals surface area contributed by atoms with Gasteiger partial charge in [-0.1, -0.05) is 24.3 Å². The van der Waals surface area contributed by atoms with Gasteiger partial charge in [0.25, 0.3) is 0 Å². The molecule has 4 rings (SSSR count). The van der Waals surface area contributed by atoms with Crippen LogP contribution in [0.25, 0.3) is 11.0 Å². The van der Waals surface area contributed by atoms with Crippen molar-refractivity contribution in [3.05, 3.63) is 84.2 Å². The van der Waals surface area contributed by atoms with Crippen LogP contribution >= 0.6 is 12.4 Å². The molecule has 5 nitrogen and oxygen atoms in total. The molecule has 0 saturated heterocycles. The number of benzene rings is 2. The van der Waals surface area contributed by atoms with Crippen LogP contribution in [0, 0.1) is 11.3 Å². The van der Waals surface area contributed by atoms with Crippen LogP contribution in [0.2, 0.25) is 0 Å². The van der Waals surface area contributed by atoms with E-state index in [0.717, 1.165) is 35.4 Å². The Labute approximate surface area is 151 Å². The molecule has 0 aliphatic carbocycles. The Bertz CT molecular complexity index is 1020. The highest BCUT2D eigenvalue weighted by Gasteiger charge is 2.07. The highest BCUT2D eigenvalue weighted by atomic mass is 35.5. The van der Waals surface area contributed by atoms with Gasteiger partial charge in [-0.3, -0.25) is 0 Å². The van der Waals surface area contributed by atoms with Crippen molar-refractivity contribution in [1.29, 1.82) is 5.26 Å². The average Bonchev–Trinajstić information content (AvgIpc) is 3.24. The largest absolute Gasteiger partial charge is 0.328 e. The summed E-state index contributed by atoms with van der Waals surface area (Å²) >= 11 is 0. The second-order valence-corrected chi connectivity index (χ2v) is 5.68. The molecule has 0 aliphatic rings. The van der Waals surface area contributed by atoms with Crippen LogP contribution in [0.5, 0.6) is 0 Å². The van der Waals surface area contributed by atoms with Crippen molar-refractivity contribution >= 4 is 23.4 Å². The molecule has 124 valence electrons. The van der Waals surface area contributed by atoms with Crippen molar-refractivity contribution < 1.29 is 0 Å². The molecule has 0 unspecified atom stereocenters. The number of halogens is 1. The molecule has 0 atom stereocenters. The standard InChI is InChI=1S/C19H15N5.ClH/c20-9-15-5-7-16(8-6-15)11-23-13-21-10-17(23)12-24-14-22-18-3-1-2-4-19(18)24;/h1-8,10,13-14H,11-12H2;1H. The summed E-state index contributed by atoms with van der Waals surface area (Å²) in [5.74, 6) is 0. The number of hydrogen-bond acceptors (Lipinski definition) is 3. The first-order valence-electron chi connectivity index (χ1n) is 7.71. The van der Waals surface area contributed by atoms with Crippen LogP contribution in [0.1, 0.15) is 16.8 Å². The van der Waals surface area contributed by atoms with Gasteiger partial charge in [-0.05, 0) is 29.8 Å². The van der Waals surface area contributed by atoms with Gasteiger partial charge >= 0.3 is 0 Å². The first kappa shape index (κ1) is 16.7. The van der Waals surface area contributed by atoms with Crippen molar-refractivity contribution in [1.82, 2.24) is 19.1 Å². The number of para-hydroxylation sites is 2. The molecule has 0 radical (unpaired) electrons. The highest BCUT2D eigenvalue weighted by molar-refractivity contribution is 5.85. The molecule has 2 heterocycles. The zero-order valence-electron chi connectivity index (χ0n) is 13.4. The van der Waals surface area contributed by atoms with Crippen molar-refractivity contribution in [2.45, 2.75) is 13.1 Å². The van der Waals surface area contributed by atoms with Gasteiger partial charge in [0, 0.05) is 12.7 Å². The van der Waals surface area contributed by atoms with E-state index in [0.29, 0.717) is 5.56 Å². The van der Waals surface area contributed by atoms with Crippen LogP contribution < -0.4 is 0 Å². The molecule has 0 spiro atoms. The Morgan fingerprint density at radius 3 is 2.52 bits per heavy atom. The van der Waals surface area contributed by atoms with Gasteiger partial charge in [-0.25, -0.2) is 9.97 Å². The molecular formula is C19H16ClN5. The highest BCUT2D eigenvalue weighted by Crippen LogP contribution is 2.15. The SMILES string of the molecule is Cl.N#Cc1ccc(Cn2cncc2Cn2cnc3ccccc32)cc1. The third-order valence-electron chi connectivity index (χ3n) is 4.09. The summed E-state index contributed by atoms with van der Waals surface area (Å²) in [6, 6.07) is 17.9. The topological polar surface area (TPSA) is 59.4 Å². The van der Waals surface area contributed by atoms with Crippen LogP contribution in [0.3, 0.4) is 0 Å². The number of aromatic nitrogens is 4. The molecule has 25 heavy (non-hydrogen) atoms. The Morgan fingerprint density at radius 2 is 1.72 bits per heavy atom. The molecule has 0 bridgehead atoms. The maximum absolute atomic E-state index is 8.89. The van der Waals surface area contributed by atoms with E-state index in [-0.39, 0.29) is 12.4 Å². The molecular weight excluding hydrogens is 334 g/mol. The minimum atomic E-state index is 0. The molecule has 2 aromatic heterocycles. The van der Waals surface area contributed by atoms with Gasteiger partial charge in [0.2, 0.25) is 0 Å². The average molecular weight is 350 g/mol. The smallest absolute Gasteiger partial charge is 0.0991 e. The van der Waals surface area contributed by atoms with Crippen molar-refractivity contribution in [2.75, 3.05) is 0 Å². The number of hydrogen-bond donors (Lipinski definition) is 0. The van der Waals surface area contributed by atoms with Gasteiger partial charge in [0.15, 0.2) is 0 Å². The molecule has 4 aromatic rings. The minimum absolute atomic E-state index is 0. The van der Waals surface area contributed by atoms with E-state index in [2.05, 4.69) is 31.2 Å². The number of fused-ring (bicyclic) bond motifs is 1. The summed E-state index contributed by atoms with van der Waals surface area (Å²) in [7, 11) is 0. The van der Waals surface area contributed by atoms with Crippen molar-refractivity contribution in [2.24, 2.45) is 0 Å². The lowest BCUT2D eigenvalue weighted by Gasteiger charge is -2.10.